The third-order valence-corrected chi connectivity index (χ3v) is 5.98. The fourth-order valence-electron chi connectivity index (χ4n) is 1.21. The van der Waals surface area contributed by atoms with Crippen molar-refractivity contribution in [2.24, 2.45) is 0 Å². The number of aryl methyl sites for hydroxylation is 1. The average molecular weight is 296 g/mol. The summed E-state index contributed by atoms with van der Waals surface area (Å²) in [5.41, 5.74) is -1.48. The van der Waals surface area contributed by atoms with Gasteiger partial charge in [-0.2, -0.15) is 0 Å². The molecule has 1 rings (SSSR count). The molecule has 0 aromatic carbocycles. The van der Waals surface area contributed by atoms with Gasteiger partial charge in [-0.15, -0.1) is 0 Å². The molecule has 0 spiro atoms. The Morgan fingerprint density at radius 1 is 1.39 bits per heavy atom. The molecule has 0 aliphatic rings. The van der Waals surface area contributed by atoms with Gasteiger partial charge in [-0.1, -0.05) is 6.07 Å². The monoisotopic (exact) mass is 296 g/mol. The van der Waals surface area contributed by atoms with Crippen LogP contribution in [0.25, 0.3) is 0 Å². The smallest absolute Gasteiger partial charge is 0.346 e. The minimum absolute atomic E-state index is 0.108. The van der Waals surface area contributed by atoms with E-state index in [-0.39, 0.29) is 5.82 Å². The fraction of sp³-hybridized carbons (Fsp3) is 0.375. The van der Waals surface area contributed by atoms with Gasteiger partial charge in [0.25, 0.3) is 0 Å². The van der Waals surface area contributed by atoms with Crippen LogP contribution >= 0.6 is 15.2 Å². The van der Waals surface area contributed by atoms with Crippen molar-refractivity contribution in [3.8, 4) is 0 Å². The number of aromatic nitrogens is 1. The molecule has 18 heavy (non-hydrogen) atoms. The molecule has 0 amide bonds. The third kappa shape index (κ3) is 3.62. The van der Waals surface area contributed by atoms with Crippen molar-refractivity contribution >= 4 is 21.0 Å². The third-order valence-electron chi connectivity index (χ3n) is 2.16. The minimum Gasteiger partial charge on any atom is -0.346 e. The van der Waals surface area contributed by atoms with E-state index in [4.69, 9.17) is 9.79 Å². The topological polar surface area (TPSA) is 129 Å². The number of nitrogens with zero attached hydrogens (tertiary/aromatic N) is 1. The molecule has 0 aliphatic carbocycles. The van der Waals surface area contributed by atoms with Gasteiger partial charge in [0.05, 0.1) is 0 Å². The molecule has 102 valence electrons. The van der Waals surface area contributed by atoms with Crippen LogP contribution in [0.4, 0.5) is 5.82 Å². The maximum absolute atomic E-state index is 11.6. The second-order valence-corrected chi connectivity index (χ2v) is 7.63. The predicted molar refractivity (Wildman–Crippen MR) is 65.3 cm³/mol. The second kappa shape index (κ2) is 5.48. The Bertz CT molecular complexity index is 516. The van der Waals surface area contributed by atoms with Crippen molar-refractivity contribution < 1.29 is 28.3 Å². The van der Waals surface area contributed by atoms with Crippen molar-refractivity contribution in [2.75, 3.05) is 12.4 Å². The van der Waals surface area contributed by atoms with E-state index in [9.17, 15) is 14.0 Å². The summed E-state index contributed by atoms with van der Waals surface area (Å²) in [6, 6.07) is 3.27. The van der Waals surface area contributed by atoms with Crippen molar-refractivity contribution in [1.82, 2.24) is 4.98 Å². The second-order valence-electron chi connectivity index (χ2n) is 3.52. The molecular formula is C8H14N2O6P2. The van der Waals surface area contributed by atoms with Crippen molar-refractivity contribution in [2.45, 2.75) is 12.4 Å². The summed E-state index contributed by atoms with van der Waals surface area (Å²) in [4.78, 5) is 31.5. The molecule has 0 saturated heterocycles. The van der Waals surface area contributed by atoms with Gasteiger partial charge < -0.3 is 24.5 Å². The summed E-state index contributed by atoms with van der Waals surface area (Å²) in [7, 11) is -8.49. The van der Waals surface area contributed by atoms with E-state index in [1.165, 1.54) is 6.20 Å². The highest BCUT2D eigenvalue weighted by molar-refractivity contribution is 7.71. The number of anilines is 1. The van der Waals surface area contributed by atoms with Gasteiger partial charge in [-0.25, -0.2) is 4.98 Å². The number of hydrogen-bond donors (Lipinski definition) is 4. The summed E-state index contributed by atoms with van der Waals surface area (Å²) < 4.78 is 27.1. The van der Waals surface area contributed by atoms with Crippen LogP contribution in [0.1, 0.15) is 5.56 Å². The first-order valence-corrected chi connectivity index (χ1v) is 8.13. The van der Waals surface area contributed by atoms with Crippen molar-refractivity contribution in [3.63, 3.8) is 0 Å². The highest BCUT2D eigenvalue weighted by Crippen LogP contribution is 2.62. The van der Waals surface area contributed by atoms with Gasteiger partial charge in [0.2, 0.25) is 5.52 Å². The summed E-state index contributed by atoms with van der Waals surface area (Å²) in [5, 5.41) is 2.27. The molecular weight excluding hydrogens is 282 g/mol. The first-order valence-electron chi connectivity index (χ1n) is 4.80. The molecule has 0 aliphatic heterocycles. The maximum atomic E-state index is 11.6. The summed E-state index contributed by atoms with van der Waals surface area (Å²) in [5.74, 6) is 0.108. The quantitative estimate of drug-likeness (QED) is 0.594. The molecule has 0 radical (unpaired) electrons. The molecule has 1 aromatic heterocycles. The van der Waals surface area contributed by atoms with Crippen molar-refractivity contribution in [3.05, 3.63) is 23.9 Å². The van der Waals surface area contributed by atoms with Crippen LogP contribution in [0.3, 0.4) is 0 Å². The van der Waals surface area contributed by atoms with Crippen LogP contribution in [-0.4, -0.2) is 32.3 Å². The van der Waals surface area contributed by atoms with Crippen LogP contribution < -0.4 is 5.32 Å². The lowest BCUT2D eigenvalue weighted by atomic mass is 10.3. The molecule has 0 fully saturated rings. The lowest BCUT2D eigenvalue weighted by Crippen LogP contribution is -2.22. The number of nitrogens with one attached hydrogen (secondary N) is 1. The van der Waals surface area contributed by atoms with Crippen LogP contribution in [0.5, 0.6) is 0 Å². The minimum atomic E-state index is -4.89. The lowest BCUT2D eigenvalue weighted by Gasteiger charge is -2.24. The van der Waals surface area contributed by atoms with Crippen molar-refractivity contribution in [1.29, 1.82) is 0 Å². The van der Waals surface area contributed by atoms with E-state index in [0.717, 1.165) is 7.11 Å². The molecule has 1 aromatic rings. The van der Waals surface area contributed by atoms with E-state index in [1.807, 2.05) is 0 Å². The molecule has 2 atom stereocenters. The Balaban J connectivity index is 3.13. The predicted octanol–water partition coefficient (Wildman–Crippen LogP) is 1.10. The summed E-state index contributed by atoms with van der Waals surface area (Å²) in [6.45, 7) is 1.64. The van der Waals surface area contributed by atoms with Gasteiger partial charge in [-0.05, 0) is 18.6 Å². The van der Waals surface area contributed by atoms with Gasteiger partial charge >= 0.3 is 15.2 Å². The fourth-order valence-corrected chi connectivity index (χ4v) is 3.79. The summed E-state index contributed by atoms with van der Waals surface area (Å²) >= 11 is 0. The molecule has 10 heteroatoms. The number of rotatable bonds is 5. The Kier molecular flexibility index (Phi) is 4.66. The lowest BCUT2D eigenvalue weighted by molar-refractivity contribution is 0.304. The van der Waals surface area contributed by atoms with Gasteiger partial charge in [-0.3, -0.25) is 9.13 Å². The number of hydrogen-bond acceptors (Lipinski definition) is 5. The summed E-state index contributed by atoms with van der Waals surface area (Å²) in [6.07, 6.45) is 1.39. The van der Waals surface area contributed by atoms with E-state index >= 15 is 0 Å². The zero-order chi connectivity index (χ0) is 14.0. The van der Waals surface area contributed by atoms with Crippen LogP contribution in [0, 0.1) is 6.92 Å². The molecule has 2 unspecified atom stereocenters. The van der Waals surface area contributed by atoms with E-state index in [2.05, 4.69) is 14.8 Å². The van der Waals surface area contributed by atoms with E-state index in [1.54, 1.807) is 19.1 Å². The van der Waals surface area contributed by atoms with Gasteiger partial charge in [0.15, 0.2) is 0 Å². The Labute approximate surface area is 104 Å². The molecule has 0 bridgehead atoms. The Morgan fingerprint density at radius 3 is 2.44 bits per heavy atom. The molecule has 4 N–H and O–H groups in total. The normalized spacial score (nSPS) is 16.9. The molecule has 8 nitrogen and oxygen atoms in total. The Hall–Kier alpha value is -0.750. The first-order chi connectivity index (χ1) is 8.18. The zero-order valence-electron chi connectivity index (χ0n) is 9.72. The van der Waals surface area contributed by atoms with E-state index in [0.29, 0.717) is 5.56 Å². The largest absolute Gasteiger partial charge is 0.362 e. The van der Waals surface area contributed by atoms with Crippen LogP contribution in [0.2, 0.25) is 0 Å². The number of pyridine rings is 1. The standard InChI is InChI=1S/C8H14N2O6P2/c1-6-4-3-5-9-7(6)10-8(17(11,12)13)18(14,15)16-2/h3-5,8H,1-2H3,(H,9,10)(H,14,15)(H2,11,12,13). The first kappa shape index (κ1) is 15.3. The highest BCUT2D eigenvalue weighted by atomic mass is 31.2. The molecule has 1 heterocycles. The van der Waals surface area contributed by atoms with Gasteiger partial charge in [0.1, 0.15) is 5.82 Å². The van der Waals surface area contributed by atoms with Gasteiger partial charge in [0, 0.05) is 13.3 Å². The SMILES string of the molecule is COP(=O)(O)C(Nc1ncccc1C)P(=O)(O)O. The zero-order valence-corrected chi connectivity index (χ0v) is 11.5. The maximum Gasteiger partial charge on any atom is 0.362 e. The van der Waals surface area contributed by atoms with Crippen LogP contribution in [-0.2, 0) is 13.7 Å². The Morgan fingerprint density at radius 2 is 2.00 bits per heavy atom. The molecule has 0 saturated carbocycles. The average Bonchev–Trinajstić information content (AvgIpc) is 2.26. The van der Waals surface area contributed by atoms with Crippen LogP contribution in [0.15, 0.2) is 18.3 Å². The highest BCUT2D eigenvalue weighted by Gasteiger charge is 2.45. The van der Waals surface area contributed by atoms with E-state index < -0.39 is 20.7 Å².